The van der Waals surface area contributed by atoms with E-state index in [1.807, 2.05) is 24.3 Å². The molecule has 2 fully saturated rings. The molecule has 4 rings (SSSR count). The van der Waals surface area contributed by atoms with Gasteiger partial charge in [0.25, 0.3) is 5.89 Å². The van der Waals surface area contributed by atoms with Crippen molar-refractivity contribution in [2.45, 2.75) is 56.4 Å². The van der Waals surface area contributed by atoms with Crippen molar-refractivity contribution >= 4 is 5.91 Å². The lowest BCUT2D eigenvalue weighted by Crippen LogP contribution is -2.50. The van der Waals surface area contributed by atoms with E-state index in [4.69, 9.17) is 19.0 Å². The molecule has 2 heterocycles. The maximum Gasteiger partial charge on any atom is 0.252 e. The van der Waals surface area contributed by atoms with Crippen LogP contribution in [0.2, 0.25) is 0 Å². The average Bonchev–Trinajstić information content (AvgIpc) is 3.40. The van der Waals surface area contributed by atoms with E-state index in [0.29, 0.717) is 37.9 Å². The Morgan fingerprint density at radius 1 is 1.29 bits per heavy atom. The minimum Gasteiger partial charge on any atom is -0.497 e. The van der Waals surface area contributed by atoms with Gasteiger partial charge in [0.05, 0.1) is 13.5 Å². The number of nitrogens with one attached hydrogen (secondary N) is 1. The van der Waals surface area contributed by atoms with E-state index in [1.165, 1.54) is 12.8 Å². The van der Waals surface area contributed by atoms with Crippen molar-refractivity contribution in [3.63, 3.8) is 0 Å². The Morgan fingerprint density at radius 2 is 2.07 bits per heavy atom. The SMILES string of the molecule is COc1cccc(CC(=O)NC2(c3nc(C4CCCC4)no3)CCOCC2)c1. The summed E-state index contributed by atoms with van der Waals surface area (Å²) in [6.45, 7) is 1.11. The van der Waals surface area contributed by atoms with Crippen LogP contribution < -0.4 is 10.1 Å². The minimum atomic E-state index is -0.655. The number of carbonyl (C=O) groups excluding carboxylic acids is 1. The van der Waals surface area contributed by atoms with Crippen LogP contribution in [-0.2, 0) is 21.5 Å². The summed E-state index contributed by atoms with van der Waals surface area (Å²) in [4.78, 5) is 17.5. The zero-order valence-corrected chi connectivity index (χ0v) is 16.3. The van der Waals surface area contributed by atoms with Crippen molar-refractivity contribution in [3.05, 3.63) is 41.5 Å². The summed E-state index contributed by atoms with van der Waals surface area (Å²) >= 11 is 0. The van der Waals surface area contributed by atoms with Gasteiger partial charge in [-0.3, -0.25) is 4.79 Å². The van der Waals surface area contributed by atoms with Gasteiger partial charge in [-0.25, -0.2) is 0 Å². The first-order valence-electron chi connectivity index (χ1n) is 10.0. The monoisotopic (exact) mass is 385 g/mol. The fraction of sp³-hybridized carbons (Fsp3) is 0.571. The van der Waals surface area contributed by atoms with Crippen molar-refractivity contribution < 1.29 is 18.8 Å². The summed E-state index contributed by atoms with van der Waals surface area (Å²) in [5.74, 6) is 2.33. The van der Waals surface area contributed by atoms with Crippen LogP contribution in [0.25, 0.3) is 0 Å². The standard InChI is InChI=1S/C21H27N3O4/c1-26-17-8-4-5-15(13-17)14-18(25)23-21(9-11-27-12-10-21)20-22-19(24-28-20)16-6-2-3-7-16/h4-5,8,13,16H,2-3,6-7,9-12,14H2,1H3,(H,23,25). The van der Waals surface area contributed by atoms with Crippen molar-refractivity contribution in [1.82, 2.24) is 15.5 Å². The van der Waals surface area contributed by atoms with Gasteiger partial charge < -0.3 is 19.3 Å². The number of carbonyl (C=O) groups is 1. The quantitative estimate of drug-likeness (QED) is 0.822. The van der Waals surface area contributed by atoms with Crippen molar-refractivity contribution in [2.24, 2.45) is 0 Å². The van der Waals surface area contributed by atoms with Gasteiger partial charge >= 0.3 is 0 Å². The molecule has 0 unspecified atom stereocenters. The molecular weight excluding hydrogens is 358 g/mol. The summed E-state index contributed by atoms with van der Waals surface area (Å²) in [6, 6.07) is 7.55. The first kappa shape index (κ1) is 18.9. The number of rotatable bonds is 6. The second kappa shape index (κ2) is 8.31. The zero-order chi connectivity index (χ0) is 19.4. The van der Waals surface area contributed by atoms with E-state index in [0.717, 1.165) is 30.0 Å². The number of aromatic nitrogens is 2. The van der Waals surface area contributed by atoms with Gasteiger partial charge in [-0.15, -0.1) is 0 Å². The van der Waals surface area contributed by atoms with Crippen LogP contribution in [0.3, 0.4) is 0 Å². The van der Waals surface area contributed by atoms with Crippen LogP contribution in [0, 0.1) is 0 Å². The zero-order valence-electron chi connectivity index (χ0n) is 16.3. The maximum atomic E-state index is 12.8. The van der Waals surface area contributed by atoms with E-state index in [1.54, 1.807) is 7.11 Å². The predicted molar refractivity (Wildman–Crippen MR) is 102 cm³/mol. The smallest absolute Gasteiger partial charge is 0.252 e. The highest BCUT2D eigenvalue weighted by molar-refractivity contribution is 5.79. The highest BCUT2D eigenvalue weighted by Gasteiger charge is 2.41. The van der Waals surface area contributed by atoms with Gasteiger partial charge in [-0.1, -0.05) is 30.1 Å². The fourth-order valence-corrected chi connectivity index (χ4v) is 4.17. The van der Waals surface area contributed by atoms with Gasteiger partial charge in [-0.05, 0) is 30.5 Å². The molecule has 7 nitrogen and oxygen atoms in total. The minimum absolute atomic E-state index is 0.0734. The van der Waals surface area contributed by atoms with Crippen LogP contribution in [0.15, 0.2) is 28.8 Å². The average molecular weight is 385 g/mol. The molecular formula is C21H27N3O4. The molecule has 1 saturated heterocycles. The summed E-state index contributed by atoms with van der Waals surface area (Å²) < 4.78 is 16.4. The van der Waals surface area contributed by atoms with Crippen molar-refractivity contribution in [3.8, 4) is 5.75 Å². The molecule has 28 heavy (non-hydrogen) atoms. The number of hydrogen-bond donors (Lipinski definition) is 1. The van der Waals surface area contributed by atoms with Crippen molar-refractivity contribution in [2.75, 3.05) is 20.3 Å². The lowest BCUT2D eigenvalue weighted by Gasteiger charge is -2.34. The molecule has 1 aliphatic carbocycles. The molecule has 1 saturated carbocycles. The van der Waals surface area contributed by atoms with E-state index in [-0.39, 0.29) is 12.3 Å². The second-order valence-electron chi connectivity index (χ2n) is 7.71. The Morgan fingerprint density at radius 3 is 2.82 bits per heavy atom. The number of methoxy groups -OCH3 is 1. The highest BCUT2D eigenvalue weighted by Crippen LogP contribution is 2.36. The van der Waals surface area contributed by atoms with Crippen LogP contribution in [-0.4, -0.2) is 36.4 Å². The Hall–Kier alpha value is -2.41. The summed E-state index contributed by atoms with van der Waals surface area (Å²) in [7, 11) is 1.62. The molecule has 1 N–H and O–H groups in total. The molecule has 1 amide bonds. The van der Waals surface area contributed by atoms with E-state index in [2.05, 4.69) is 10.5 Å². The van der Waals surface area contributed by atoms with Gasteiger partial charge in [0.2, 0.25) is 5.91 Å². The van der Waals surface area contributed by atoms with Crippen LogP contribution in [0.1, 0.15) is 61.7 Å². The predicted octanol–water partition coefficient (Wildman–Crippen LogP) is 3.10. The first-order chi connectivity index (χ1) is 13.7. The van der Waals surface area contributed by atoms with Crippen molar-refractivity contribution in [1.29, 1.82) is 0 Å². The fourth-order valence-electron chi connectivity index (χ4n) is 4.17. The third kappa shape index (κ3) is 4.04. The second-order valence-corrected chi connectivity index (χ2v) is 7.71. The molecule has 2 aliphatic rings. The Bertz CT molecular complexity index is 807. The number of benzene rings is 1. The Labute approximate surface area is 164 Å². The largest absolute Gasteiger partial charge is 0.497 e. The summed E-state index contributed by atoms with van der Waals surface area (Å²) in [5.41, 5.74) is 0.245. The number of nitrogens with zero attached hydrogens (tertiary/aromatic N) is 2. The van der Waals surface area contributed by atoms with Crippen LogP contribution in [0.5, 0.6) is 5.75 Å². The van der Waals surface area contributed by atoms with Gasteiger partial charge in [0, 0.05) is 32.0 Å². The molecule has 0 bridgehead atoms. The number of hydrogen-bond acceptors (Lipinski definition) is 6. The third-order valence-electron chi connectivity index (χ3n) is 5.80. The molecule has 0 spiro atoms. The topological polar surface area (TPSA) is 86.5 Å². The van der Waals surface area contributed by atoms with Gasteiger partial charge in [-0.2, -0.15) is 4.98 Å². The van der Waals surface area contributed by atoms with E-state index in [9.17, 15) is 4.79 Å². The molecule has 7 heteroatoms. The lowest BCUT2D eigenvalue weighted by atomic mass is 9.89. The van der Waals surface area contributed by atoms with E-state index < -0.39 is 5.54 Å². The van der Waals surface area contributed by atoms with Gasteiger partial charge in [0.15, 0.2) is 5.82 Å². The Balaban J connectivity index is 1.51. The normalized spacial score (nSPS) is 19.5. The molecule has 1 aromatic heterocycles. The lowest BCUT2D eigenvalue weighted by molar-refractivity contribution is -0.124. The third-order valence-corrected chi connectivity index (χ3v) is 5.80. The van der Waals surface area contributed by atoms with Crippen LogP contribution in [0.4, 0.5) is 0 Å². The molecule has 0 atom stereocenters. The molecule has 0 radical (unpaired) electrons. The Kier molecular flexibility index (Phi) is 5.62. The summed E-state index contributed by atoms with van der Waals surface area (Å²) in [6.07, 6.45) is 6.17. The number of amides is 1. The van der Waals surface area contributed by atoms with Crippen LogP contribution >= 0.6 is 0 Å². The molecule has 1 aliphatic heterocycles. The first-order valence-corrected chi connectivity index (χ1v) is 10.0. The maximum absolute atomic E-state index is 12.8. The van der Waals surface area contributed by atoms with Gasteiger partial charge in [0.1, 0.15) is 11.3 Å². The highest BCUT2D eigenvalue weighted by atomic mass is 16.5. The molecule has 150 valence electrons. The molecule has 2 aromatic rings. The van der Waals surface area contributed by atoms with E-state index >= 15 is 0 Å². The molecule has 1 aromatic carbocycles. The number of ether oxygens (including phenoxy) is 2. The summed E-state index contributed by atoms with van der Waals surface area (Å²) in [5, 5.41) is 7.42.